The van der Waals surface area contributed by atoms with Crippen LogP contribution in [0.3, 0.4) is 0 Å². The molecule has 0 atom stereocenters. The summed E-state index contributed by atoms with van der Waals surface area (Å²) < 4.78 is 20.9. The van der Waals surface area contributed by atoms with Gasteiger partial charge in [-0.15, -0.1) is 0 Å². The molecule has 0 spiro atoms. The molecule has 2 aliphatic rings. The number of ether oxygens (including phenoxy) is 1. The van der Waals surface area contributed by atoms with Crippen LogP contribution in [0.1, 0.15) is 24.4 Å². The molecule has 0 bridgehead atoms. The summed E-state index contributed by atoms with van der Waals surface area (Å²) in [6, 6.07) is 1.87. The molecule has 0 radical (unpaired) electrons. The molecule has 0 aliphatic carbocycles. The molecule has 5 rings (SSSR count). The number of nitrogens with zero attached hydrogens (tertiary/aromatic N) is 7. The van der Waals surface area contributed by atoms with Crippen molar-refractivity contribution in [3.63, 3.8) is 0 Å². The van der Waals surface area contributed by atoms with Gasteiger partial charge >= 0.3 is 0 Å². The van der Waals surface area contributed by atoms with E-state index in [9.17, 15) is 4.39 Å². The van der Waals surface area contributed by atoms with Crippen LogP contribution in [0.2, 0.25) is 0 Å². The zero-order valence-electron chi connectivity index (χ0n) is 16.2. The number of hydrogen-bond acceptors (Lipinski definition) is 7. The lowest BCUT2D eigenvalue weighted by Gasteiger charge is -2.32. The van der Waals surface area contributed by atoms with E-state index in [0.29, 0.717) is 6.04 Å². The molecule has 5 heterocycles. The second-order valence-corrected chi connectivity index (χ2v) is 7.64. The number of halogens is 1. The third kappa shape index (κ3) is 3.79. The number of anilines is 1. The molecule has 0 amide bonds. The number of pyridine rings is 1. The largest absolute Gasteiger partial charge is 0.378 e. The number of hydrogen-bond donors (Lipinski definition) is 0. The second kappa shape index (κ2) is 8.00. The lowest BCUT2D eigenvalue weighted by atomic mass is 10.0. The normalized spacial score (nSPS) is 19.1. The van der Waals surface area contributed by atoms with Gasteiger partial charge in [0, 0.05) is 38.9 Å². The Kier molecular flexibility index (Phi) is 5.07. The minimum atomic E-state index is -0.281. The van der Waals surface area contributed by atoms with Gasteiger partial charge in [0.2, 0.25) is 0 Å². The van der Waals surface area contributed by atoms with Gasteiger partial charge in [0.25, 0.3) is 0 Å². The topological polar surface area (TPSA) is 72.2 Å². The lowest BCUT2D eigenvalue weighted by molar-refractivity contribution is 0.122. The summed E-state index contributed by atoms with van der Waals surface area (Å²) in [6.07, 6.45) is 8.47. The van der Waals surface area contributed by atoms with Crippen molar-refractivity contribution in [1.82, 2.24) is 29.6 Å². The Hall–Kier alpha value is -2.65. The van der Waals surface area contributed by atoms with Crippen molar-refractivity contribution in [1.29, 1.82) is 0 Å². The number of morpholine rings is 1. The zero-order valence-corrected chi connectivity index (χ0v) is 16.2. The van der Waals surface area contributed by atoms with Crippen molar-refractivity contribution in [2.45, 2.75) is 25.4 Å². The van der Waals surface area contributed by atoms with Gasteiger partial charge in [0.15, 0.2) is 5.65 Å². The van der Waals surface area contributed by atoms with Crippen LogP contribution in [-0.4, -0.2) is 69.0 Å². The minimum absolute atomic E-state index is 0.281. The van der Waals surface area contributed by atoms with Crippen LogP contribution in [0.4, 0.5) is 10.2 Å². The summed E-state index contributed by atoms with van der Waals surface area (Å²) in [7, 11) is 0. The van der Waals surface area contributed by atoms with Gasteiger partial charge in [-0.3, -0.25) is 9.88 Å². The molecule has 3 aromatic rings. The highest BCUT2D eigenvalue weighted by Gasteiger charge is 2.25. The van der Waals surface area contributed by atoms with Crippen LogP contribution in [0.5, 0.6) is 0 Å². The number of rotatable bonds is 4. The van der Waals surface area contributed by atoms with Crippen molar-refractivity contribution in [3.05, 3.63) is 42.4 Å². The maximum atomic E-state index is 13.4. The van der Waals surface area contributed by atoms with E-state index in [1.165, 1.54) is 6.20 Å². The van der Waals surface area contributed by atoms with Crippen molar-refractivity contribution in [2.75, 3.05) is 44.3 Å². The summed E-state index contributed by atoms with van der Waals surface area (Å²) in [5.74, 6) is 0.664. The average molecular weight is 397 g/mol. The van der Waals surface area contributed by atoms with Crippen LogP contribution in [0, 0.1) is 5.82 Å². The fraction of sp³-hybridized carbons (Fsp3) is 0.500. The molecule has 2 fully saturated rings. The predicted octanol–water partition coefficient (Wildman–Crippen LogP) is 2.03. The third-order valence-electron chi connectivity index (χ3n) is 5.75. The monoisotopic (exact) mass is 397 g/mol. The highest BCUT2D eigenvalue weighted by molar-refractivity contribution is 5.86. The summed E-state index contributed by atoms with van der Waals surface area (Å²) in [6.45, 7) is 5.71. The Bertz CT molecular complexity index is 980. The Morgan fingerprint density at radius 1 is 1.03 bits per heavy atom. The predicted molar refractivity (Wildman–Crippen MR) is 106 cm³/mol. The number of fused-ring (bicyclic) bond motifs is 1. The molecule has 152 valence electrons. The summed E-state index contributed by atoms with van der Waals surface area (Å²) >= 11 is 0. The van der Waals surface area contributed by atoms with Crippen molar-refractivity contribution < 1.29 is 9.13 Å². The molecule has 29 heavy (non-hydrogen) atoms. The van der Waals surface area contributed by atoms with E-state index in [1.807, 2.05) is 6.20 Å². The Morgan fingerprint density at radius 2 is 1.86 bits per heavy atom. The molecule has 2 saturated heterocycles. The van der Waals surface area contributed by atoms with Crippen molar-refractivity contribution in [3.8, 4) is 0 Å². The molecule has 2 aliphatic heterocycles. The van der Waals surface area contributed by atoms with Crippen LogP contribution < -0.4 is 4.90 Å². The average Bonchev–Trinajstić information content (AvgIpc) is 3.19. The smallest absolute Gasteiger partial charge is 0.163 e. The standard InChI is InChI=1S/C20H24FN7O/c21-16-9-15(10-22-11-16)13-26-3-1-17(2-4-26)28-20-18(12-25-28)19(23-14-24-20)27-5-7-29-8-6-27/h9-12,14,17H,1-8,13H2. The number of piperidine rings is 1. The summed E-state index contributed by atoms with van der Waals surface area (Å²) in [5.41, 5.74) is 1.81. The van der Waals surface area contributed by atoms with Gasteiger partial charge in [0.05, 0.1) is 37.0 Å². The van der Waals surface area contributed by atoms with E-state index in [2.05, 4.69) is 34.5 Å². The second-order valence-electron chi connectivity index (χ2n) is 7.64. The van der Waals surface area contributed by atoms with Gasteiger partial charge in [-0.05, 0) is 24.5 Å². The van der Waals surface area contributed by atoms with Crippen LogP contribution in [0.25, 0.3) is 11.0 Å². The summed E-state index contributed by atoms with van der Waals surface area (Å²) in [4.78, 5) is 17.6. The SMILES string of the molecule is Fc1cncc(CN2CCC(n3ncc4c(N5CCOCC5)ncnc43)CC2)c1. The molecule has 0 saturated carbocycles. The first-order valence-corrected chi connectivity index (χ1v) is 10.1. The highest BCUT2D eigenvalue weighted by Crippen LogP contribution is 2.29. The van der Waals surface area contributed by atoms with E-state index in [-0.39, 0.29) is 5.82 Å². The lowest BCUT2D eigenvalue weighted by Crippen LogP contribution is -2.37. The number of likely N-dealkylation sites (tertiary alicyclic amines) is 1. The van der Waals surface area contributed by atoms with E-state index in [0.717, 1.165) is 81.2 Å². The number of aromatic nitrogens is 5. The molecule has 9 heteroatoms. The van der Waals surface area contributed by atoms with Gasteiger partial charge in [-0.2, -0.15) is 5.10 Å². The maximum absolute atomic E-state index is 13.4. The zero-order chi connectivity index (χ0) is 19.6. The Morgan fingerprint density at radius 3 is 2.66 bits per heavy atom. The van der Waals surface area contributed by atoms with E-state index < -0.39 is 0 Å². The Balaban J connectivity index is 1.29. The van der Waals surface area contributed by atoms with Gasteiger partial charge in [-0.1, -0.05) is 0 Å². The fourth-order valence-corrected chi connectivity index (χ4v) is 4.27. The van der Waals surface area contributed by atoms with Gasteiger partial charge in [-0.25, -0.2) is 19.0 Å². The Labute approximate surface area is 168 Å². The van der Waals surface area contributed by atoms with Crippen molar-refractivity contribution in [2.24, 2.45) is 0 Å². The molecular weight excluding hydrogens is 373 g/mol. The first-order chi connectivity index (χ1) is 14.3. The van der Waals surface area contributed by atoms with E-state index in [1.54, 1.807) is 18.6 Å². The molecule has 0 aromatic carbocycles. The molecular formula is C20H24FN7O. The highest BCUT2D eigenvalue weighted by atomic mass is 19.1. The quantitative estimate of drug-likeness (QED) is 0.667. The van der Waals surface area contributed by atoms with Gasteiger partial charge in [0.1, 0.15) is 18.0 Å². The molecule has 8 nitrogen and oxygen atoms in total. The first-order valence-electron chi connectivity index (χ1n) is 10.1. The molecule has 0 unspecified atom stereocenters. The maximum Gasteiger partial charge on any atom is 0.163 e. The van der Waals surface area contributed by atoms with Gasteiger partial charge < -0.3 is 9.64 Å². The van der Waals surface area contributed by atoms with Crippen LogP contribution >= 0.6 is 0 Å². The van der Waals surface area contributed by atoms with Crippen LogP contribution in [0.15, 0.2) is 31.0 Å². The van der Waals surface area contributed by atoms with Crippen LogP contribution in [-0.2, 0) is 11.3 Å². The van der Waals surface area contributed by atoms with Crippen molar-refractivity contribution >= 4 is 16.9 Å². The molecule has 3 aromatic heterocycles. The minimum Gasteiger partial charge on any atom is -0.378 e. The van der Waals surface area contributed by atoms with E-state index >= 15 is 0 Å². The first kappa shape index (κ1) is 18.4. The summed E-state index contributed by atoms with van der Waals surface area (Å²) in [5, 5.41) is 5.68. The molecule has 0 N–H and O–H groups in total. The fourth-order valence-electron chi connectivity index (χ4n) is 4.27. The van der Waals surface area contributed by atoms with E-state index in [4.69, 9.17) is 4.74 Å². The third-order valence-corrected chi connectivity index (χ3v) is 5.75.